The smallest absolute Gasteiger partial charge is 0.756 e. The number of urea groups is 1. The Hall–Kier alpha value is 0.270. The van der Waals surface area contributed by atoms with Gasteiger partial charge in [0.05, 0.1) is 64.9 Å². The zero-order chi connectivity index (χ0) is 76.0. The molecular formula is C83H166N4Na2O15P2. The van der Waals surface area contributed by atoms with Gasteiger partial charge in [-0.15, -0.1) is 0 Å². The van der Waals surface area contributed by atoms with Gasteiger partial charge in [0.2, 0.25) is 0 Å². The van der Waals surface area contributed by atoms with E-state index in [2.05, 4.69) is 62.8 Å². The number of phosphoric ester groups is 2. The molecule has 0 rings (SSSR count). The Bertz CT molecular complexity index is 1820. The van der Waals surface area contributed by atoms with Gasteiger partial charge in [-0.1, -0.05) is 337 Å². The molecule has 0 aromatic rings. The SMILES string of the molecule is CCCCCCCCCCCCCCN[C@H](COCC[C@@H](CCCCCCC)OC(=O)CCCCCCCCCCC)COP(=O)([O-])OCCNC(=O)NCCOP(=O)([O-])OC[C@@H](COCC[C@@H](CCCCCCC)OC(=O)CCCCCCCCCCC)NCCCCCCCCCCCCCC.[Na+].[Na+]. The fourth-order valence-electron chi connectivity index (χ4n) is 13.0. The molecule has 0 bridgehead atoms. The summed E-state index contributed by atoms with van der Waals surface area (Å²) in [6.45, 7) is 14.1. The Kier molecular flexibility index (Phi) is 89.7. The molecule has 4 N–H and O–H groups in total. The van der Waals surface area contributed by atoms with E-state index >= 15 is 0 Å². The summed E-state index contributed by atoms with van der Waals surface area (Å²) in [6, 6.07) is -1.60. The van der Waals surface area contributed by atoms with Gasteiger partial charge in [-0.3, -0.25) is 18.7 Å². The number of hydrogen-bond acceptors (Lipinski definition) is 17. The molecule has 0 radical (unpaired) electrons. The number of hydrogen-bond donors (Lipinski definition) is 4. The van der Waals surface area contributed by atoms with Crippen LogP contribution in [0.2, 0.25) is 0 Å². The number of rotatable bonds is 86. The fraction of sp³-hybridized carbons (Fsp3) is 0.964. The Labute approximate surface area is 696 Å². The first-order chi connectivity index (χ1) is 50.7. The first kappa shape index (κ1) is 110. The third kappa shape index (κ3) is 82.3. The quantitative estimate of drug-likeness (QED) is 0.0191. The summed E-state index contributed by atoms with van der Waals surface area (Å²) in [7, 11) is -9.61. The van der Waals surface area contributed by atoms with E-state index in [4.69, 9.17) is 37.0 Å². The van der Waals surface area contributed by atoms with Crippen LogP contribution in [0.3, 0.4) is 0 Å². The van der Waals surface area contributed by atoms with Crippen molar-refractivity contribution in [3.63, 3.8) is 0 Å². The fourth-order valence-corrected chi connectivity index (χ4v) is 14.5. The Balaban J connectivity index is -0.0000530. The number of phosphoric acid groups is 2. The predicted octanol–water partition coefficient (Wildman–Crippen LogP) is 15.8. The molecule has 0 aliphatic carbocycles. The molecule has 23 heteroatoms. The van der Waals surface area contributed by atoms with Crippen molar-refractivity contribution in [2.75, 3.05) is 79.0 Å². The minimum Gasteiger partial charge on any atom is -0.756 e. The summed E-state index contributed by atoms with van der Waals surface area (Å²) in [5, 5.41) is 11.9. The van der Waals surface area contributed by atoms with Gasteiger partial charge in [0, 0.05) is 38.8 Å². The molecule has 6 atom stereocenters. The molecule has 2 amide bonds. The van der Waals surface area contributed by atoms with Gasteiger partial charge in [0.25, 0.3) is 15.6 Å². The monoisotopic (exact) mass is 1570 g/mol. The summed E-state index contributed by atoms with van der Waals surface area (Å²) in [5.74, 6) is -0.298. The Morgan fingerprint density at radius 3 is 0.811 bits per heavy atom. The Morgan fingerprint density at radius 2 is 0.538 bits per heavy atom. The van der Waals surface area contributed by atoms with Crippen LogP contribution in [0.1, 0.15) is 414 Å². The van der Waals surface area contributed by atoms with Crippen molar-refractivity contribution in [3.8, 4) is 0 Å². The van der Waals surface area contributed by atoms with E-state index in [0.717, 1.165) is 141 Å². The minimum absolute atomic E-state index is 0. The van der Waals surface area contributed by atoms with Crippen molar-refractivity contribution in [1.29, 1.82) is 0 Å². The van der Waals surface area contributed by atoms with Crippen molar-refractivity contribution in [2.24, 2.45) is 0 Å². The summed E-state index contributed by atoms with van der Waals surface area (Å²) >= 11 is 0. The van der Waals surface area contributed by atoms with Gasteiger partial charge < -0.3 is 68.1 Å². The van der Waals surface area contributed by atoms with Crippen molar-refractivity contribution in [1.82, 2.24) is 21.3 Å². The second-order valence-corrected chi connectivity index (χ2v) is 32.8. The van der Waals surface area contributed by atoms with Crippen LogP contribution < -0.4 is 90.2 Å². The topological polar surface area (TPSA) is 253 Å². The van der Waals surface area contributed by atoms with Gasteiger partial charge in [-0.25, -0.2) is 4.79 Å². The van der Waals surface area contributed by atoms with Crippen molar-refractivity contribution in [2.45, 2.75) is 438 Å². The average molecular weight is 1570 g/mol. The maximum absolute atomic E-state index is 13.1. The first-order valence-corrected chi connectivity index (χ1v) is 46.9. The van der Waals surface area contributed by atoms with Crippen LogP contribution in [-0.2, 0) is 55.8 Å². The van der Waals surface area contributed by atoms with Crippen LogP contribution >= 0.6 is 15.6 Å². The number of nitrogens with one attached hydrogen (secondary N) is 4. The second-order valence-electron chi connectivity index (χ2n) is 29.9. The molecular weight excluding hydrogens is 1400 g/mol. The Morgan fingerprint density at radius 1 is 0.292 bits per heavy atom. The summed E-state index contributed by atoms with van der Waals surface area (Å²) < 4.78 is 71.6. The number of unbranched alkanes of at least 4 members (excludes halogenated alkanes) is 46. The second kappa shape index (κ2) is 86.1. The van der Waals surface area contributed by atoms with Crippen LogP contribution in [0.15, 0.2) is 0 Å². The normalized spacial score (nSPS) is 13.8. The maximum atomic E-state index is 13.1. The molecule has 0 aromatic heterocycles. The minimum atomic E-state index is -4.81. The van der Waals surface area contributed by atoms with Crippen LogP contribution in [0.5, 0.6) is 0 Å². The van der Waals surface area contributed by atoms with Crippen molar-refractivity contribution in [3.05, 3.63) is 0 Å². The van der Waals surface area contributed by atoms with E-state index < -0.39 is 47.0 Å². The predicted molar refractivity (Wildman–Crippen MR) is 427 cm³/mol. The van der Waals surface area contributed by atoms with Crippen molar-refractivity contribution >= 4 is 33.6 Å². The molecule has 0 aromatic carbocycles. The van der Waals surface area contributed by atoms with E-state index in [9.17, 15) is 33.3 Å². The number of carbonyl (C=O) groups is 3. The van der Waals surface area contributed by atoms with Gasteiger partial charge >= 0.3 is 77.1 Å². The van der Waals surface area contributed by atoms with E-state index in [0.29, 0.717) is 52.0 Å². The molecule has 0 heterocycles. The number of amides is 2. The first-order valence-electron chi connectivity index (χ1n) is 44.0. The average Bonchev–Trinajstić information content (AvgIpc) is 0.928. The molecule has 0 aliphatic rings. The van der Waals surface area contributed by atoms with E-state index in [1.165, 1.54) is 205 Å². The van der Waals surface area contributed by atoms with Crippen LogP contribution in [0.4, 0.5) is 4.79 Å². The molecule has 19 nitrogen and oxygen atoms in total. The number of carbonyl (C=O) groups excluding carboxylic acids is 3. The molecule has 2 unspecified atom stereocenters. The third-order valence-electron chi connectivity index (χ3n) is 19.7. The van der Waals surface area contributed by atoms with E-state index in [1.807, 2.05) is 0 Å². The standard InChI is InChI=1S/C83H168N4O15P2.2Na/c1-7-13-19-25-29-33-35-37-41-45-51-57-65-84-77(73-95-69-63-79(59-53-47-23-17-11-5)101-81(88)61-55-49-43-39-31-27-21-15-9-3)75-99-103(91,92)97-71-67-86-83(90)87-68-72-98-104(93,94)100-76-78(85-66-58-52-46-42-38-36-34-30-26-20-14-8-2)74-96-70-64-80(60-54-48-24-18-12-6)102-82(89)62-56-50-44-40-32-28-22-16-10-4;;/h77-80,84-85H,7-76H2,1-6H3,(H,91,92)(H,93,94)(H2,86,87,90);;/q;2*+1/p-2/t77-,78-,79-,80-;;/m1../s1. The van der Waals surface area contributed by atoms with Gasteiger partial charge in [0.15, 0.2) is 0 Å². The summed E-state index contributed by atoms with van der Waals surface area (Å²) in [5.41, 5.74) is 0. The van der Waals surface area contributed by atoms with Crippen LogP contribution in [0, 0.1) is 0 Å². The summed E-state index contributed by atoms with van der Waals surface area (Å²) in [4.78, 5) is 64.9. The van der Waals surface area contributed by atoms with Crippen molar-refractivity contribution < 1.29 is 129 Å². The van der Waals surface area contributed by atoms with Crippen LogP contribution in [-0.4, -0.2) is 121 Å². The number of ether oxygens (including phenoxy) is 4. The molecule has 0 fully saturated rings. The third-order valence-corrected chi connectivity index (χ3v) is 21.6. The molecule has 0 saturated carbocycles. The largest absolute Gasteiger partial charge is 1.00 e. The molecule has 0 aliphatic heterocycles. The summed E-state index contributed by atoms with van der Waals surface area (Å²) in [6.07, 6.45) is 64.9. The molecule has 0 spiro atoms. The van der Waals surface area contributed by atoms with Gasteiger partial charge in [-0.2, -0.15) is 0 Å². The molecule has 0 saturated heterocycles. The zero-order valence-corrected chi connectivity index (χ0v) is 76.1. The zero-order valence-electron chi connectivity index (χ0n) is 70.3. The van der Waals surface area contributed by atoms with E-state index in [1.54, 1.807) is 0 Å². The maximum Gasteiger partial charge on any atom is 1.00 e. The molecule has 620 valence electrons. The number of esters is 2. The van der Waals surface area contributed by atoms with Gasteiger partial charge in [0.1, 0.15) is 12.2 Å². The van der Waals surface area contributed by atoms with E-state index in [-0.39, 0.29) is 123 Å². The van der Waals surface area contributed by atoms with Crippen LogP contribution in [0.25, 0.3) is 0 Å². The molecule has 106 heavy (non-hydrogen) atoms. The van der Waals surface area contributed by atoms with Gasteiger partial charge in [-0.05, 0) is 64.5 Å².